The second-order valence-electron chi connectivity index (χ2n) is 7.55. The smallest absolute Gasteiger partial charge is 0.303 e. The van der Waals surface area contributed by atoms with E-state index >= 15 is 0 Å². The average Bonchev–Trinajstić information content (AvgIpc) is 2.89. The standard InChI is InChI=1S/C21H32O5/c22-18(15-8-4-3-5-9-15)13-12-17-16(19(23)14-20(17)24)10-6-1-2-7-11-21(25)26/h3-5,8-9,16-20,22-24H,1-2,6-7,10-14H2,(H,25,26)/t16-,17-,18?,19+,20-/m1/s1. The molecule has 26 heavy (non-hydrogen) atoms. The number of hydrogen-bond donors (Lipinski definition) is 4. The number of unbranched alkanes of at least 4 members (excludes halogenated alkanes) is 3. The van der Waals surface area contributed by atoms with Gasteiger partial charge in [-0.3, -0.25) is 4.79 Å². The Hall–Kier alpha value is -1.43. The molecule has 0 saturated heterocycles. The Labute approximate surface area is 155 Å². The number of hydrogen-bond acceptors (Lipinski definition) is 4. The fourth-order valence-corrected chi connectivity index (χ4v) is 4.18. The van der Waals surface area contributed by atoms with Gasteiger partial charge in [0.2, 0.25) is 0 Å². The molecule has 146 valence electrons. The second-order valence-corrected chi connectivity index (χ2v) is 7.55. The van der Waals surface area contributed by atoms with Crippen molar-refractivity contribution >= 4 is 5.97 Å². The van der Waals surface area contributed by atoms with Crippen LogP contribution in [0.1, 0.15) is 69.5 Å². The van der Waals surface area contributed by atoms with Crippen LogP contribution in [0.3, 0.4) is 0 Å². The monoisotopic (exact) mass is 364 g/mol. The van der Waals surface area contributed by atoms with Crippen LogP contribution in [0.25, 0.3) is 0 Å². The molecule has 5 nitrogen and oxygen atoms in total. The molecular formula is C21H32O5. The number of rotatable bonds is 11. The minimum atomic E-state index is -0.753. The molecule has 2 rings (SSSR count). The Kier molecular flexibility index (Phi) is 8.55. The van der Waals surface area contributed by atoms with E-state index in [2.05, 4.69) is 0 Å². The summed E-state index contributed by atoms with van der Waals surface area (Å²) in [5.74, 6) is -0.675. The SMILES string of the molecule is O=C(O)CCCCCC[C@@H]1[C@@H](CCC(O)c2ccccc2)[C@H](O)C[C@@H]1O. The maximum absolute atomic E-state index is 10.5. The first-order chi connectivity index (χ1) is 12.5. The highest BCUT2D eigenvalue weighted by Crippen LogP contribution is 2.40. The Morgan fingerprint density at radius 2 is 1.58 bits per heavy atom. The van der Waals surface area contributed by atoms with Crippen LogP contribution in [-0.4, -0.2) is 38.6 Å². The molecule has 5 atom stereocenters. The van der Waals surface area contributed by atoms with E-state index in [0.29, 0.717) is 25.7 Å². The average molecular weight is 364 g/mol. The van der Waals surface area contributed by atoms with Crippen LogP contribution in [-0.2, 0) is 4.79 Å². The summed E-state index contributed by atoms with van der Waals surface area (Å²) in [5.41, 5.74) is 0.885. The van der Waals surface area contributed by atoms with Gasteiger partial charge in [0.05, 0.1) is 18.3 Å². The normalized spacial score (nSPS) is 26.7. The molecular weight excluding hydrogens is 332 g/mol. The third kappa shape index (κ3) is 6.38. The van der Waals surface area contributed by atoms with Crippen molar-refractivity contribution in [2.45, 2.75) is 76.1 Å². The number of aliphatic hydroxyl groups is 3. The molecule has 0 radical (unpaired) electrons. The second kappa shape index (κ2) is 10.7. The molecule has 0 heterocycles. The van der Waals surface area contributed by atoms with Crippen LogP contribution < -0.4 is 0 Å². The van der Waals surface area contributed by atoms with Crippen molar-refractivity contribution in [1.29, 1.82) is 0 Å². The molecule has 0 spiro atoms. The maximum Gasteiger partial charge on any atom is 0.303 e. The van der Waals surface area contributed by atoms with Crippen molar-refractivity contribution in [3.8, 4) is 0 Å². The van der Waals surface area contributed by atoms with E-state index in [9.17, 15) is 20.1 Å². The molecule has 0 aliphatic heterocycles. The lowest BCUT2D eigenvalue weighted by Gasteiger charge is -2.24. The van der Waals surface area contributed by atoms with Crippen molar-refractivity contribution in [2.75, 3.05) is 0 Å². The minimum Gasteiger partial charge on any atom is -0.481 e. The number of benzene rings is 1. The predicted molar refractivity (Wildman–Crippen MR) is 99.6 cm³/mol. The topological polar surface area (TPSA) is 98.0 Å². The van der Waals surface area contributed by atoms with Gasteiger partial charge in [-0.1, -0.05) is 49.6 Å². The Morgan fingerprint density at radius 1 is 0.962 bits per heavy atom. The molecule has 0 aromatic heterocycles. The van der Waals surface area contributed by atoms with Crippen molar-refractivity contribution in [3.63, 3.8) is 0 Å². The van der Waals surface area contributed by atoms with E-state index in [1.807, 2.05) is 30.3 Å². The third-order valence-electron chi connectivity index (χ3n) is 5.66. The first-order valence-corrected chi connectivity index (χ1v) is 9.80. The molecule has 5 heteroatoms. The molecule has 1 saturated carbocycles. The third-order valence-corrected chi connectivity index (χ3v) is 5.66. The maximum atomic E-state index is 10.5. The van der Waals surface area contributed by atoms with Crippen molar-refractivity contribution < 1.29 is 25.2 Å². The van der Waals surface area contributed by atoms with Crippen LogP contribution in [0.5, 0.6) is 0 Å². The first-order valence-electron chi connectivity index (χ1n) is 9.80. The molecule has 1 aliphatic rings. The van der Waals surface area contributed by atoms with Gasteiger partial charge < -0.3 is 20.4 Å². The molecule has 1 aromatic carbocycles. The van der Waals surface area contributed by atoms with Gasteiger partial charge in [0.1, 0.15) is 0 Å². The van der Waals surface area contributed by atoms with Crippen LogP contribution in [0.15, 0.2) is 30.3 Å². The number of carboxylic acids is 1. The molecule has 0 bridgehead atoms. The summed E-state index contributed by atoms with van der Waals surface area (Å²) in [5, 5.41) is 39.6. The van der Waals surface area contributed by atoms with Crippen LogP contribution >= 0.6 is 0 Å². The highest BCUT2D eigenvalue weighted by molar-refractivity contribution is 5.66. The summed E-state index contributed by atoms with van der Waals surface area (Å²) in [6.45, 7) is 0. The number of aliphatic hydroxyl groups excluding tert-OH is 3. The molecule has 1 aromatic rings. The van der Waals surface area contributed by atoms with E-state index in [-0.39, 0.29) is 18.3 Å². The lowest BCUT2D eigenvalue weighted by Crippen LogP contribution is -2.23. The van der Waals surface area contributed by atoms with E-state index in [1.54, 1.807) is 0 Å². The molecule has 0 amide bonds. The predicted octanol–water partition coefficient (Wildman–Crippen LogP) is 3.28. The lowest BCUT2D eigenvalue weighted by atomic mass is 9.84. The lowest BCUT2D eigenvalue weighted by molar-refractivity contribution is -0.137. The largest absolute Gasteiger partial charge is 0.481 e. The molecule has 4 N–H and O–H groups in total. The fraction of sp³-hybridized carbons (Fsp3) is 0.667. The van der Waals surface area contributed by atoms with Gasteiger partial charge in [-0.05, 0) is 49.5 Å². The molecule has 1 unspecified atom stereocenters. The quantitative estimate of drug-likeness (QED) is 0.452. The summed E-state index contributed by atoms with van der Waals surface area (Å²) < 4.78 is 0. The van der Waals surface area contributed by atoms with Gasteiger partial charge in [-0.2, -0.15) is 0 Å². The van der Waals surface area contributed by atoms with Crippen LogP contribution in [0.4, 0.5) is 0 Å². The van der Waals surface area contributed by atoms with Gasteiger partial charge in [-0.15, -0.1) is 0 Å². The van der Waals surface area contributed by atoms with E-state index in [4.69, 9.17) is 5.11 Å². The summed E-state index contributed by atoms with van der Waals surface area (Å²) >= 11 is 0. The highest BCUT2D eigenvalue weighted by Gasteiger charge is 2.40. The van der Waals surface area contributed by atoms with Gasteiger partial charge in [0.15, 0.2) is 0 Å². The molecule has 1 fully saturated rings. The zero-order chi connectivity index (χ0) is 18.9. The van der Waals surface area contributed by atoms with Gasteiger partial charge in [0.25, 0.3) is 0 Å². The zero-order valence-corrected chi connectivity index (χ0v) is 15.3. The summed E-state index contributed by atoms with van der Waals surface area (Å²) in [4.78, 5) is 10.5. The Balaban J connectivity index is 1.76. The fourth-order valence-electron chi connectivity index (χ4n) is 4.18. The van der Waals surface area contributed by atoms with Gasteiger partial charge >= 0.3 is 5.97 Å². The minimum absolute atomic E-state index is 0.0161. The van der Waals surface area contributed by atoms with Crippen molar-refractivity contribution in [1.82, 2.24) is 0 Å². The summed E-state index contributed by atoms with van der Waals surface area (Å²) in [6, 6.07) is 9.53. The summed E-state index contributed by atoms with van der Waals surface area (Å²) in [7, 11) is 0. The van der Waals surface area contributed by atoms with E-state index < -0.39 is 24.3 Å². The zero-order valence-electron chi connectivity index (χ0n) is 15.3. The number of carboxylic acid groups (broad SMARTS) is 1. The number of carbonyl (C=O) groups is 1. The summed E-state index contributed by atoms with van der Waals surface area (Å²) in [6.07, 6.45) is 4.67. The van der Waals surface area contributed by atoms with E-state index in [0.717, 1.165) is 31.2 Å². The number of aliphatic carboxylic acids is 1. The van der Waals surface area contributed by atoms with E-state index in [1.165, 1.54) is 0 Å². The Bertz CT molecular complexity index is 532. The van der Waals surface area contributed by atoms with Gasteiger partial charge in [-0.25, -0.2) is 0 Å². The van der Waals surface area contributed by atoms with Crippen molar-refractivity contribution in [2.24, 2.45) is 11.8 Å². The van der Waals surface area contributed by atoms with Gasteiger partial charge in [0, 0.05) is 6.42 Å². The highest BCUT2D eigenvalue weighted by atomic mass is 16.4. The van der Waals surface area contributed by atoms with Crippen LogP contribution in [0, 0.1) is 11.8 Å². The Morgan fingerprint density at radius 3 is 2.23 bits per heavy atom. The van der Waals surface area contributed by atoms with Crippen molar-refractivity contribution in [3.05, 3.63) is 35.9 Å². The van der Waals surface area contributed by atoms with Crippen LogP contribution in [0.2, 0.25) is 0 Å². The molecule has 1 aliphatic carbocycles. The first kappa shape index (κ1) is 20.9.